The van der Waals surface area contributed by atoms with Gasteiger partial charge in [-0.25, -0.2) is 4.39 Å². The minimum absolute atomic E-state index is 0.0279. The lowest BCUT2D eigenvalue weighted by Crippen LogP contribution is -2.45. The van der Waals surface area contributed by atoms with E-state index in [0.29, 0.717) is 5.92 Å². The first-order chi connectivity index (χ1) is 14.3. The number of halogens is 1. The number of rotatable bonds is 9. The van der Waals surface area contributed by atoms with Crippen molar-refractivity contribution in [1.82, 2.24) is 0 Å². The minimum atomic E-state index is -1.76. The van der Waals surface area contributed by atoms with Crippen LogP contribution in [0.3, 0.4) is 0 Å². The molecule has 2 aromatic carbocycles. The third-order valence-electron chi connectivity index (χ3n) is 6.40. The molecule has 0 bridgehead atoms. The van der Waals surface area contributed by atoms with Crippen LogP contribution in [0.15, 0.2) is 48.5 Å². The molecule has 0 aromatic heterocycles. The third-order valence-corrected chi connectivity index (χ3v) is 6.40. The molecule has 3 nitrogen and oxygen atoms in total. The van der Waals surface area contributed by atoms with Crippen LogP contribution in [0.2, 0.25) is 0 Å². The van der Waals surface area contributed by atoms with Gasteiger partial charge in [-0.2, -0.15) is 0 Å². The molecule has 30 heavy (non-hydrogen) atoms. The smallest absolute Gasteiger partial charge is 0.169 e. The van der Waals surface area contributed by atoms with E-state index in [1.165, 1.54) is 37.9 Å². The summed E-state index contributed by atoms with van der Waals surface area (Å²) in [7, 11) is 0. The Labute approximate surface area is 179 Å². The van der Waals surface area contributed by atoms with Crippen molar-refractivity contribution < 1.29 is 13.9 Å². The van der Waals surface area contributed by atoms with Crippen molar-refractivity contribution in [1.29, 1.82) is 0 Å². The van der Waals surface area contributed by atoms with Crippen molar-refractivity contribution in [2.24, 2.45) is 5.92 Å². The number of hydrogen-bond donors (Lipinski definition) is 0. The fourth-order valence-corrected chi connectivity index (χ4v) is 3.89. The highest BCUT2D eigenvalue weighted by atomic mass is 19.1. The molecule has 1 heterocycles. The predicted molar refractivity (Wildman–Crippen MR) is 119 cm³/mol. The monoisotopic (exact) mass is 409 g/mol. The third kappa shape index (κ3) is 5.03. The van der Waals surface area contributed by atoms with Crippen LogP contribution in [-0.4, -0.2) is 31.1 Å². The molecule has 1 saturated carbocycles. The molecule has 2 aromatic rings. The second-order valence-corrected chi connectivity index (χ2v) is 9.52. The Balaban J connectivity index is 1.27. The molecular formula is C26H32FNO2. The van der Waals surface area contributed by atoms with Crippen LogP contribution in [0, 0.1) is 5.92 Å². The summed E-state index contributed by atoms with van der Waals surface area (Å²) in [5, 5.41) is 0. The normalized spacial score (nSPS) is 18.1. The van der Waals surface area contributed by atoms with Crippen molar-refractivity contribution in [2.75, 3.05) is 24.6 Å². The van der Waals surface area contributed by atoms with Crippen LogP contribution in [0.4, 0.5) is 10.1 Å². The topological polar surface area (TPSA) is 29.5 Å². The lowest BCUT2D eigenvalue weighted by Gasteiger charge is -2.41. The van der Waals surface area contributed by atoms with E-state index in [9.17, 15) is 9.18 Å². The van der Waals surface area contributed by atoms with Crippen LogP contribution in [0.1, 0.15) is 63.0 Å². The van der Waals surface area contributed by atoms with Gasteiger partial charge in [-0.1, -0.05) is 31.2 Å². The summed E-state index contributed by atoms with van der Waals surface area (Å²) in [5.74, 6) is 1.94. The predicted octanol–water partition coefficient (Wildman–Crippen LogP) is 5.89. The largest absolute Gasteiger partial charge is 0.493 e. The number of carbonyl (C=O) groups is 1. The van der Waals surface area contributed by atoms with Gasteiger partial charge in [-0.05, 0) is 73.9 Å². The first kappa shape index (κ1) is 20.9. The van der Waals surface area contributed by atoms with Crippen molar-refractivity contribution >= 4 is 11.5 Å². The van der Waals surface area contributed by atoms with Gasteiger partial charge in [-0.3, -0.25) is 4.79 Å². The summed E-state index contributed by atoms with van der Waals surface area (Å²) in [4.78, 5) is 14.3. The Morgan fingerprint density at radius 2 is 1.73 bits per heavy atom. The van der Waals surface area contributed by atoms with Gasteiger partial charge >= 0.3 is 0 Å². The molecule has 0 spiro atoms. The standard InChI is InChI=1S/C26H32FNO2/c1-18(14-25(29)26(2,3)27)20-6-8-21(9-7-20)22-15-28(16-22)23-10-12-24(13-11-23)30-17-19-4-5-19/h6-13,18-19,22H,4-5,14-17H2,1-3H3/t18-/m1/s1. The zero-order valence-corrected chi connectivity index (χ0v) is 18.2. The molecule has 1 atom stereocenters. The van der Waals surface area contributed by atoms with E-state index in [4.69, 9.17) is 4.74 Å². The number of alkyl halides is 1. The van der Waals surface area contributed by atoms with Gasteiger partial charge in [0, 0.05) is 31.1 Å². The summed E-state index contributed by atoms with van der Waals surface area (Å²) < 4.78 is 19.6. The number of hydrogen-bond acceptors (Lipinski definition) is 3. The van der Waals surface area contributed by atoms with E-state index < -0.39 is 5.67 Å². The lowest BCUT2D eigenvalue weighted by atomic mass is 9.87. The number of anilines is 1. The molecule has 1 aliphatic carbocycles. The molecule has 0 N–H and O–H groups in total. The molecule has 4 heteroatoms. The molecule has 1 aliphatic heterocycles. The Kier molecular flexibility index (Phi) is 5.86. The summed E-state index contributed by atoms with van der Waals surface area (Å²) in [6, 6.07) is 16.9. The van der Waals surface area contributed by atoms with Crippen LogP contribution in [0.5, 0.6) is 5.75 Å². The summed E-state index contributed by atoms with van der Waals surface area (Å²) in [6.45, 7) is 7.52. The first-order valence-electron chi connectivity index (χ1n) is 11.1. The maximum Gasteiger partial charge on any atom is 0.169 e. The molecule has 0 amide bonds. The highest BCUT2D eigenvalue weighted by molar-refractivity contribution is 5.86. The van der Waals surface area contributed by atoms with Gasteiger partial charge in [-0.15, -0.1) is 0 Å². The molecule has 0 radical (unpaired) electrons. The van der Waals surface area contributed by atoms with Crippen molar-refractivity contribution in [2.45, 2.75) is 57.5 Å². The SMILES string of the molecule is C[C@H](CC(=O)C(C)(C)F)c1ccc(C2CN(c3ccc(OCC4CC4)cc3)C2)cc1. The fraction of sp³-hybridized carbons (Fsp3) is 0.500. The number of benzene rings is 2. The maximum atomic E-state index is 13.8. The average Bonchev–Trinajstić information content (AvgIpc) is 3.50. The molecule has 2 fully saturated rings. The maximum absolute atomic E-state index is 13.8. The zero-order valence-electron chi connectivity index (χ0n) is 18.2. The van der Waals surface area contributed by atoms with E-state index in [1.54, 1.807) is 0 Å². The fourth-order valence-electron chi connectivity index (χ4n) is 3.89. The highest BCUT2D eigenvalue weighted by Crippen LogP contribution is 2.34. The van der Waals surface area contributed by atoms with Gasteiger partial charge in [0.15, 0.2) is 11.5 Å². The van der Waals surface area contributed by atoms with Crippen LogP contribution < -0.4 is 9.64 Å². The molecule has 4 rings (SSSR count). The number of carbonyl (C=O) groups excluding carboxylic acids is 1. The van der Waals surface area contributed by atoms with E-state index >= 15 is 0 Å². The Hall–Kier alpha value is -2.36. The second-order valence-electron chi connectivity index (χ2n) is 9.52. The van der Waals surface area contributed by atoms with E-state index in [1.807, 2.05) is 6.92 Å². The van der Waals surface area contributed by atoms with E-state index in [2.05, 4.69) is 53.4 Å². The first-order valence-corrected chi connectivity index (χ1v) is 11.1. The highest BCUT2D eigenvalue weighted by Gasteiger charge is 2.30. The Bertz CT molecular complexity index is 859. The van der Waals surface area contributed by atoms with Crippen LogP contribution in [0.25, 0.3) is 0 Å². The molecule has 0 unspecified atom stereocenters. The second kappa shape index (κ2) is 8.41. The molecule has 160 valence electrons. The number of ketones is 1. The van der Waals surface area contributed by atoms with Gasteiger partial charge in [0.25, 0.3) is 0 Å². The molecule has 2 aliphatic rings. The van der Waals surface area contributed by atoms with Crippen molar-refractivity contribution in [3.63, 3.8) is 0 Å². The van der Waals surface area contributed by atoms with E-state index in [0.717, 1.165) is 36.9 Å². The quantitative estimate of drug-likeness (QED) is 0.517. The summed E-state index contributed by atoms with van der Waals surface area (Å²) in [6.07, 6.45) is 2.85. The number of Topliss-reactive ketones (excluding diaryl/α,β-unsaturated/α-hetero) is 1. The molecular weight excluding hydrogens is 377 g/mol. The van der Waals surface area contributed by atoms with Crippen molar-refractivity contribution in [3.05, 3.63) is 59.7 Å². The Morgan fingerprint density at radius 1 is 1.10 bits per heavy atom. The van der Waals surface area contributed by atoms with Gasteiger partial charge < -0.3 is 9.64 Å². The van der Waals surface area contributed by atoms with Gasteiger partial charge in [0.2, 0.25) is 0 Å². The zero-order chi connectivity index (χ0) is 21.3. The average molecular weight is 410 g/mol. The Morgan fingerprint density at radius 3 is 2.30 bits per heavy atom. The van der Waals surface area contributed by atoms with Gasteiger partial charge in [0.1, 0.15) is 5.75 Å². The van der Waals surface area contributed by atoms with Crippen molar-refractivity contribution in [3.8, 4) is 5.75 Å². The lowest BCUT2D eigenvalue weighted by molar-refractivity contribution is -0.128. The molecule has 1 saturated heterocycles. The van der Waals surface area contributed by atoms with Crippen LogP contribution in [-0.2, 0) is 4.79 Å². The number of nitrogens with zero attached hydrogens (tertiary/aromatic N) is 1. The summed E-state index contributed by atoms with van der Waals surface area (Å²) in [5.41, 5.74) is 1.89. The minimum Gasteiger partial charge on any atom is -0.493 e. The van der Waals surface area contributed by atoms with Crippen LogP contribution >= 0.6 is 0 Å². The van der Waals surface area contributed by atoms with E-state index in [-0.39, 0.29) is 18.1 Å². The summed E-state index contributed by atoms with van der Waals surface area (Å²) >= 11 is 0. The number of ether oxygens (including phenoxy) is 1. The van der Waals surface area contributed by atoms with Gasteiger partial charge in [0.05, 0.1) is 6.61 Å².